The van der Waals surface area contributed by atoms with Gasteiger partial charge >= 0.3 is 0 Å². The second-order valence-electron chi connectivity index (χ2n) is 8.82. The first kappa shape index (κ1) is 28.3. The molecule has 0 unspecified atom stereocenters. The number of benzene rings is 3. The minimum absolute atomic E-state index is 0.0225. The van der Waals surface area contributed by atoms with Gasteiger partial charge in [0, 0.05) is 32.1 Å². The summed E-state index contributed by atoms with van der Waals surface area (Å²) in [4.78, 5) is 39.0. The van der Waals surface area contributed by atoms with Crippen LogP contribution < -0.4 is 9.62 Å². The van der Waals surface area contributed by atoms with Crippen molar-refractivity contribution in [2.75, 3.05) is 24.2 Å². The molecule has 3 rings (SSSR count). The van der Waals surface area contributed by atoms with Crippen LogP contribution in [0.15, 0.2) is 78.9 Å². The summed E-state index contributed by atoms with van der Waals surface area (Å²) in [6, 6.07) is 21.1. The van der Waals surface area contributed by atoms with E-state index in [1.807, 2.05) is 48.5 Å². The van der Waals surface area contributed by atoms with Crippen LogP contribution in [0.5, 0.6) is 0 Å². The van der Waals surface area contributed by atoms with Gasteiger partial charge in [-0.3, -0.25) is 24.0 Å². The van der Waals surface area contributed by atoms with Gasteiger partial charge in [0.05, 0.1) is 16.9 Å². The van der Waals surface area contributed by atoms with Gasteiger partial charge in [-0.2, -0.15) is 0 Å². The van der Waals surface area contributed by atoms with Gasteiger partial charge in [0.25, 0.3) is 5.69 Å². The fourth-order valence-electron chi connectivity index (χ4n) is 4.08. The average Bonchev–Trinajstić information content (AvgIpc) is 2.89. The maximum absolute atomic E-state index is 13.9. The Hall–Kier alpha value is -4.25. The van der Waals surface area contributed by atoms with Crippen molar-refractivity contribution in [3.8, 4) is 0 Å². The van der Waals surface area contributed by atoms with Crippen molar-refractivity contribution in [3.63, 3.8) is 0 Å². The monoisotopic (exact) mass is 538 g/mol. The number of hydrogen-bond acceptors (Lipinski definition) is 6. The first-order valence-electron chi connectivity index (χ1n) is 11.8. The van der Waals surface area contributed by atoms with Gasteiger partial charge < -0.3 is 10.2 Å². The molecule has 0 aromatic heterocycles. The summed E-state index contributed by atoms with van der Waals surface area (Å²) in [7, 11) is -2.56. The van der Waals surface area contributed by atoms with Crippen LogP contribution in [0, 0.1) is 17.0 Å². The van der Waals surface area contributed by atoms with Gasteiger partial charge in [-0.25, -0.2) is 8.42 Å². The number of aryl methyl sites for hydroxylation is 1. The van der Waals surface area contributed by atoms with Gasteiger partial charge in [-0.1, -0.05) is 66.7 Å². The Morgan fingerprint density at radius 3 is 2.08 bits per heavy atom. The Morgan fingerprint density at radius 2 is 1.55 bits per heavy atom. The van der Waals surface area contributed by atoms with Gasteiger partial charge in [0.15, 0.2) is 0 Å². The van der Waals surface area contributed by atoms with Gasteiger partial charge in [0.2, 0.25) is 21.8 Å². The zero-order valence-corrected chi connectivity index (χ0v) is 22.2. The van der Waals surface area contributed by atoms with Crippen molar-refractivity contribution >= 4 is 33.2 Å². The topological polar surface area (TPSA) is 130 Å². The number of carbonyl (C=O) groups excluding carboxylic acids is 2. The SMILES string of the molecule is CNC(=O)[C@@H](Cc1ccccc1)N(Cc1ccccc1)C(=O)CN(c1cc([N+](=O)[O-])ccc1C)S(C)(=O)=O. The van der Waals surface area contributed by atoms with Crippen LogP contribution in [0.3, 0.4) is 0 Å². The van der Waals surface area contributed by atoms with Crippen LogP contribution in [0.1, 0.15) is 16.7 Å². The van der Waals surface area contributed by atoms with Crippen LogP contribution in [0.4, 0.5) is 11.4 Å². The number of carbonyl (C=O) groups is 2. The lowest BCUT2D eigenvalue weighted by Crippen LogP contribution is -2.53. The molecule has 11 heteroatoms. The van der Waals surface area contributed by atoms with Crippen LogP contribution in [-0.2, 0) is 32.6 Å². The Morgan fingerprint density at radius 1 is 0.974 bits per heavy atom. The molecule has 0 aliphatic rings. The maximum atomic E-state index is 13.9. The number of nitro benzene ring substituents is 1. The van der Waals surface area contributed by atoms with E-state index < -0.39 is 39.3 Å². The van der Waals surface area contributed by atoms with Crippen molar-refractivity contribution in [1.82, 2.24) is 10.2 Å². The molecule has 0 spiro atoms. The maximum Gasteiger partial charge on any atom is 0.271 e. The number of rotatable bonds is 11. The van der Waals surface area contributed by atoms with Crippen molar-refractivity contribution in [2.45, 2.75) is 25.9 Å². The van der Waals surface area contributed by atoms with E-state index >= 15 is 0 Å². The number of sulfonamides is 1. The lowest BCUT2D eigenvalue weighted by Gasteiger charge is -2.33. The summed E-state index contributed by atoms with van der Waals surface area (Å²) >= 11 is 0. The van der Waals surface area contributed by atoms with E-state index in [1.165, 1.54) is 24.1 Å². The zero-order valence-electron chi connectivity index (χ0n) is 21.4. The van der Waals surface area contributed by atoms with Crippen LogP contribution >= 0.6 is 0 Å². The molecule has 0 saturated heterocycles. The molecule has 2 amide bonds. The smallest absolute Gasteiger partial charge is 0.271 e. The lowest BCUT2D eigenvalue weighted by atomic mass is 10.0. The Labute approximate surface area is 222 Å². The number of nitro groups is 1. The fraction of sp³-hybridized carbons (Fsp3) is 0.259. The third-order valence-electron chi connectivity index (χ3n) is 6.06. The van der Waals surface area contributed by atoms with Crippen LogP contribution in [0.25, 0.3) is 0 Å². The number of hydrogen-bond donors (Lipinski definition) is 1. The van der Waals surface area contributed by atoms with E-state index in [1.54, 1.807) is 19.1 Å². The highest BCUT2D eigenvalue weighted by Gasteiger charge is 2.33. The van der Waals surface area contributed by atoms with Crippen molar-refractivity contribution in [3.05, 3.63) is 106 Å². The number of nitrogens with one attached hydrogen (secondary N) is 1. The highest BCUT2D eigenvalue weighted by atomic mass is 32.2. The minimum atomic E-state index is -4.03. The zero-order chi connectivity index (χ0) is 27.9. The molecule has 0 heterocycles. The van der Waals surface area contributed by atoms with Crippen LogP contribution in [-0.4, -0.2) is 55.9 Å². The molecule has 0 radical (unpaired) electrons. The fourth-order valence-corrected chi connectivity index (χ4v) is 4.97. The van der Waals surface area contributed by atoms with E-state index in [2.05, 4.69) is 5.32 Å². The summed E-state index contributed by atoms with van der Waals surface area (Å²) in [5.74, 6) is -1.04. The highest BCUT2D eigenvalue weighted by Crippen LogP contribution is 2.28. The molecule has 0 saturated carbocycles. The normalized spacial score (nSPS) is 11.9. The first-order valence-corrected chi connectivity index (χ1v) is 13.7. The molecule has 0 fully saturated rings. The van der Waals surface area contributed by atoms with E-state index in [4.69, 9.17) is 0 Å². The third-order valence-corrected chi connectivity index (χ3v) is 7.19. The predicted molar refractivity (Wildman–Crippen MR) is 145 cm³/mol. The van der Waals surface area contributed by atoms with Gasteiger partial charge in [0.1, 0.15) is 12.6 Å². The summed E-state index contributed by atoms with van der Waals surface area (Å²) in [5, 5.41) is 14.0. The molecule has 3 aromatic carbocycles. The number of anilines is 1. The van der Waals surface area contributed by atoms with E-state index in [9.17, 15) is 28.1 Å². The Balaban J connectivity index is 2.06. The number of nitrogens with zero attached hydrogens (tertiary/aromatic N) is 3. The van der Waals surface area contributed by atoms with E-state index in [0.29, 0.717) is 5.56 Å². The first-order chi connectivity index (χ1) is 18.0. The lowest BCUT2D eigenvalue weighted by molar-refractivity contribution is -0.384. The molecule has 10 nitrogen and oxygen atoms in total. The van der Waals surface area contributed by atoms with Gasteiger partial charge in [-0.05, 0) is 23.6 Å². The largest absolute Gasteiger partial charge is 0.357 e. The quantitative estimate of drug-likeness (QED) is 0.295. The third kappa shape index (κ3) is 7.16. The van der Waals surface area contributed by atoms with E-state index in [-0.39, 0.29) is 24.3 Å². The molecular formula is C27H30N4O6S. The molecule has 0 bridgehead atoms. The van der Waals surface area contributed by atoms with Gasteiger partial charge in [-0.15, -0.1) is 0 Å². The molecule has 38 heavy (non-hydrogen) atoms. The molecule has 0 aliphatic carbocycles. The molecule has 1 atom stereocenters. The van der Waals surface area contributed by atoms with Crippen molar-refractivity contribution < 1.29 is 22.9 Å². The minimum Gasteiger partial charge on any atom is -0.357 e. The summed E-state index contributed by atoms with van der Waals surface area (Å²) < 4.78 is 26.5. The summed E-state index contributed by atoms with van der Waals surface area (Å²) in [5.41, 5.74) is 1.73. The second kappa shape index (κ2) is 12.3. The number of non-ortho nitro benzene ring substituents is 1. The van der Waals surface area contributed by atoms with Crippen molar-refractivity contribution in [2.24, 2.45) is 0 Å². The highest BCUT2D eigenvalue weighted by molar-refractivity contribution is 7.92. The average molecular weight is 539 g/mol. The molecule has 200 valence electrons. The molecule has 3 aromatic rings. The summed E-state index contributed by atoms with van der Waals surface area (Å²) in [6.07, 6.45) is 1.13. The van der Waals surface area contributed by atoms with E-state index in [0.717, 1.165) is 27.8 Å². The van der Waals surface area contributed by atoms with Crippen LogP contribution in [0.2, 0.25) is 0 Å². The Bertz CT molecular complexity index is 1400. The van der Waals surface area contributed by atoms with Crippen molar-refractivity contribution in [1.29, 1.82) is 0 Å². The summed E-state index contributed by atoms with van der Waals surface area (Å²) in [6.45, 7) is 1.01. The molecule has 0 aliphatic heterocycles. The second-order valence-corrected chi connectivity index (χ2v) is 10.7. The molecule has 1 N–H and O–H groups in total. The number of amides is 2. The Kier molecular flexibility index (Phi) is 9.19. The predicted octanol–water partition coefficient (Wildman–Crippen LogP) is 3.06. The molecular weight excluding hydrogens is 508 g/mol. The number of likely N-dealkylation sites (N-methyl/N-ethyl adjacent to an activating group) is 1. The standard InChI is InChI=1S/C27H30N4O6S/c1-20-14-15-23(31(34)35)17-24(20)30(38(3,36)37)19-26(32)29(18-22-12-8-5-9-13-22)25(27(33)28-2)16-21-10-6-4-7-11-21/h4-15,17,25H,16,18-19H2,1-3H3,(H,28,33)/t25-/m1/s1.